The van der Waals surface area contributed by atoms with E-state index in [9.17, 15) is 4.79 Å². The highest BCUT2D eigenvalue weighted by Crippen LogP contribution is 2.19. The van der Waals surface area contributed by atoms with Crippen LogP contribution in [-0.2, 0) is 4.79 Å². The lowest BCUT2D eigenvalue weighted by Crippen LogP contribution is -2.16. The molecule has 1 aromatic carbocycles. The van der Waals surface area contributed by atoms with Gasteiger partial charge in [-0.15, -0.1) is 0 Å². The van der Waals surface area contributed by atoms with Gasteiger partial charge in [-0.2, -0.15) is 5.10 Å². The van der Waals surface area contributed by atoms with Crippen molar-refractivity contribution in [1.29, 1.82) is 0 Å². The fourth-order valence-electron chi connectivity index (χ4n) is 2.08. The number of benzene rings is 1. The molecular weight excluding hydrogens is 319 g/mol. The number of halogens is 2. The van der Waals surface area contributed by atoms with E-state index in [0.717, 1.165) is 18.4 Å². The molecule has 0 aromatic heterocycles. The molecule has 0 atom stereocenters. The highest BCUT2D eigenvalue weighted by molar-refractivity contribution is 6.36. The van der Waals surface area contributed by atoms with Gasteiger partial charge >= 0.3 is 0 Å². The summed E-state index contributed by atoms with van der Waals surface area (Å²) in [5, 5.41) is 5.01. The van der Waals surface area contributed by atoms with Gasteiger partial charge in [0.2, 0.25) is 5.91 Å². The van der Waals surface area contributed by atoms with Crippen molar-refractivity contribution in [3.05, 3.63) is 33.8 Å². The topological polar surface area (TPSA) is 41.5 Å². The first kappa shape index (κ1) is 19.0. The van der Waals surface area contributed by atoms with Crippen LogP contribution in [0.25, 0.3) is 0 Å². The number of unbranched alkanes of at least 4 members (excludes halogenated alkanes) is 6. The molecule has 0 aliphatic heterocycles. The van der Waals surface area contributed by atoms with E-state index in [-0.39, 0.29) is 5.91 Å². The fraction of sp³-hybridized carbons (Fsp3) is 0.529. The number of hydrogen-bond donors (Lipinski definition) is 1. The third kappa shape index (κ3) is 8.40. The smallest absolute Gasteiger partial charge is 0.240 e. The van der Waals surface area contributed by atoms with Gasteiger partial charge in [0.15, 0.2) is 0 Å². The molecule has 1 rings (SSSR count). The van der Waals surface area contributed by atoms with E-state index in [4.69, 9.17) is 23.2 Å². The summed E-state index contributed by atoms with van der Waals surface area (Å²) in [7, 11) is 0. The lowest BCUT2D eigenvalue weighted by atomic mass is 10.1. The van der Waals surface area contributed by atoms with Crippen LogP contribution < -0.4 is 5.43 Å². The number of hydrazone groups is 1. The molecule has 0 heterocycles. The summed E-state index contributed by atoms with van der Waals surface area (Å²) in [4.78, 5) is 11.6. The van der Waals surface area contributed by atoms with Crippen molar-refractivity contribution >= 4 is 35.3 Å². The number of nitrogens with zero attached hydrogens (tertiary/aromatic N) is 1. The molecule has 1 aromatic rings. The maximum atomic E-state index is 11.6. The van der Waals surface area contributed by atoms with Crippen LogP contribution in [0.3, 0.4) is 0 Å². The van der Waals surface area contributed by atoms with Crippen LogP contribution >= 0.6 is 23.2 Å². The number of rotatable bonds is 10. The lowest BCUT2D eigenvalue weighted by molar-refractivity contribution is -0.121. The second-order valence-electron chi connectivity index (χ2n) is 5.33. The Balaban J connectivity index is 2.16. The van der Waals surface area contributed by atoms with Crippen molar-refractivity contribution < 1.29 is 4.79 Å². The Kier molecular flexibility index (Phi) is 9.93. The van der Waals surface area contributed by atoms with Crippen molar-refractivity contribution in [3.63, 3.8) is 0 Å². The summed E-state index contributed by atoms with van der Waals surface area (Å²) in [5.74, 6) is -0.0603. The summed E-state index contributed by atoms with van der Waals surface area (Å²) in [6, 6.07) is 5.14. The molecule has 5 heteroatoms. The second kappa shape index (κ2) is 11.5. The molecule has 122 valence electrons. The Bertz CT molecular complexity index is 490. The van der Waals surface area contributed by atoms with Crippen molar-refractivity contribution in [2.75, 3.05) is 0 Å². The molecule has 0 radical (unpaired) electrons. The Morgan fingerprint density at radius 2 is 1.82 bits per heavy atom. The predicted octanol–water partition coefficient (Wildman–Crippen LogP) is 5.58. The highest BCUT2D eigenvalue weighted by atomic mass is 35.5. The van der Waals surface area contributed by atoms with Crippen LogP contribution in [0.4, 0.5) is 0 Å². The quantitative estimate of drug-likeness (QED) is 0.336. The molecule has 0 unspecified atom stereocenters. The van der Waals surface area contributed by atoms with Gasteiger partial charge in [0.25, 0.3) is 0 Å². The number of nitrogens with one attached hydrogen (secondary N) is 1. The normalized spacial score (nSPS) is 11.0. The fourth-order valence-corrected chi connectivity index (χ4v) is 2.54. The third-order valence-corrected chi connectivity index (χ3v) is 3.93. The van der Waals surface area contributed by atoms with Crippen molar-refractivity contribution in [2.45, 2.75) is 58.3 Å². The average molecular weight is 343 g/mol. The van der Waals surface area contributed by atoms with Crippen molar-refractivity contribution in [3.8, 4) is 0 Å². The van der Waals surface area contributed by atoms with Crippen LogP contribution in [0.5, 0.6) is 0 Å². The molecule has 0 saturated carbocycles. The minimum atomic E-state index is -0.0603. The van der Waals surface area contributed by atoms with E-state index in [0.29, 0.717) is 16.5 Å². The van der Waals surface area contributed by atoms with Crippen LogP contribution in [-0.4, -0.2) is 12.1 Å². The summed E-state index contributed by atoms with van der Waals surface area (Å²) in [6.07, 6.45) is 10.4. The lowest BCUT2D eigenvalue weighted by Gasteiger charge is -2.02. The Morgan fingerprint density at radius 1 is 1.14 bits per heavy atom. The molecule has 1 N–H and O–H groups in total. The van der Waals surface area contributed by atoms with E-state index in [2.05, 4.69) is 17.5 Å². The van der Waals surface area contributed by atoms with Gasteiger partial charge < -0.3 is 0 Å². The molecule has 1 amide bonds. The molecule has 0 spiro atoms. The number of carbonyl (C=O) groups excluding carboxylic acids is 1. The van der Waals surface area contributed by atoms with Crippen LogP contribution in [0, 0.1) is 0 Å². The maximum Gasteiger partial charge on any atom is 0.240 e. The van der Waals surface area contributed by atoms with E-state index in [1.807, 2.05) is 0 Å². The second-order valence-corrected chi connectivity index (χ2v) is 6.17. The van der Waals surface area contributed by atoms with Gasteiger partial charge in [-0.1, -0.05) is 74.7 Å². The van der Waals surface area contributed by atoms with Gasteiger partial charge in [0.1, 0.15) is 0 Å². The first-order chi connectivity index (χ1) is 10.6. The standard InChI is InChI=1S/C17H24Cl2N2O/c1-2-3-4-5-6-7-8-9-17(22)21-20-13-14-10-11-15(18)12-16(14)19/h10-13H,2-9H2,1H3,(H,21,22). The van der Waals surface area contributed by atoms with E-state index in [1.165, 1.54) is 38.3 Å². The number of hydrogen-bond acceptors (Lipinski definition) is 2. The molecule has 0 aliphatic carbocycles. The van der Waals surface area contributed by atoms with Gasteiger partial charge in [-0.3, -0.25) is 4.79 Å². The Hall–Kier alpha value is -1.06. The summed E-state index contributed by atoms with van der Waals surface area (Å²) >= 11 is 11.8. The van der Waals surface area contributed by atoms with Crippen molar-refractivity contribution in [1.82, 2.24) is 5.43 Å². The monoisotopic (exact) mass is 342 g/mol. The zero-order chi connectivity index (χ0) is 16.2. The molecule has 22 heavy (non-hydrogen) atoms. The predicted molar refractivity (Wildman–Crippen MR) is 94.8 cm³/mol. The van der Waals surface area contributed by atoms with Gasteiger partial charge in [-0.25, -0.2) is 5.43 Å². The van der Waals surface area contributed by atoms with E-state index >= 15 is 0 Å². The summed E-state index contributed by atoms with van der Waals surface area (Å²) in [5.41, 5.74) is 3.25. The van der Waals surface area contributed by atoms with Crippen molar-refractivity contribution in [2.24, 2.45) is 5.10 Å². The first-order valence-electron chi connectivity index (χ1n) is 7.90. The molecular formula is C17H24Cl2N2O. The summed E-state index contributed by atoms with van der Waals surface area (Å²) in [6.45, 7) is 2.21. The zero-order valence-corrected chi connectivity index (χ0v) is 14.6. The number of amides is 1. The van der Waals surface area contributed by atoms with Gasteiger partial charge in [-0.05, 0) is 18.6 Å². The van der Waals surface area contributed by atoms with Crippen LogP contribution in [0.1, 0.15) is 63.9 Å². The minimum absolute atomic E-state index is 0.0603. The van der Waals surface area contributed by atoms with Gasteiger partial charge in [0.05, 0.1) is 11.2 Å². The Morgan fingerprint density at radius 3 is 2.50 bits per heavy atom. The maximum absolute atomic E-state index is 11.6. The summed E-state index contributed by atoms with van der Waals surface area (Å²) < 4.78 is 0. The molecule has 0 aliphatic rings. The minimum Gasteiger partial charge on any atom is -0.273 e. The largest absolute Gasteiger partial charge is 0.273 e. The van der Waals surface area contributed by atoms with Crippen LogP contribution in [0.2, 0.25) is 10.0 Å². The van der Waals surface area contributed by atoms with E-state index in [1.54, 1.807) is 18.2 Å². The molecule has 3 nitrogen and oxygen atoms in total. The Labute approximate surface area is 143 Å². The van der Waals surface area contributed by atoms with E-state index < -0.39 is 0 Å². The molecule has 0 fully saturated rings. The molecule has 0 saturated heterocycles. The first-order valence-corrected chi connectivity index (χ1v) is 8.66. The third-order valence-electron chi connectivity index (χ3n) is 3.36. The molecule has 0 bridgehead atoms. The zero-order valence-electron chi connectivity index (χ0n) is 13.1. The van der Waals surface area contributed by atoms with Crippen LogP contribution in [0.15, 0.2) is 23.3 Å². The average Bonchev–Trinajstić information content (AvgIpc) is 2.48. The SMILES string of the molecule is CCCCCCCCCC(=O)NN=Cc1ccc(Cl)cc1Cl. The highest BCUT2D eigenvalue weighted by Gasteiger charge is 2.01. The number of carbonyl (C=O) groups is 1. The van der Waals surface area contributed by atoms with Gasteiger partial charge in [0, 0.05) is 17.0 Å².